The number of aryl methyl sites for hydroxylation is 1. The van der Waals surface area contributed by atoms with Crippen LogP contribution < -0.4 is 5.32 Å². The van der Waals surface area contributed by atoms with Crippen molar-refractivity contribution in [2.24, 2.45) is 10.8 Å². The van der Waals surface area contributed by atoms with Crippen LogP contribution in [0.2, 0.25) is 0 Å². The van der Waals surface area contributed by atoms with Crippen molar-refractivity contribution in [3.05, 3.63) is 48.0 Å². The normalized spacial score (nSPS) is 18.4. The van der Waals surface area contributed by atoms with E-state index in [2.05, 4.69) is 63.0 Å². The molecule has 0 amide bonds. The van der Waals surface area contributed by atoms with E-state index in [1.54, 1.807) is 0 Å². The van der Waals surface area contributed by atoms with Crippen molar-refractivity contribution in [1.29, 1.82) is 0 Å². The number of hydrogen-bond acceptors (Lipinski definition) is 1. The van der Waals surface area contributed by atoms with E-state index in [4.69, 9.17) is 0 Å². The smallest absolute Gasteiger partial charge is 0.00450 e. The fourth-order valence-electron chi connectivity index (χ4n) is 3.55. The lowest BCUT2D eigenvalue weighted by atomic mass is 9.62. The molecule has 0 bridgehead atoms. The average molecular weight is 330 g/mol. The molecule has 136 valence electrons. The molecule has 1 aromatic rings. The Morgan fingerprint density at radius 1 is 1.04 bits per heavy atom. The van der Waals surface area contributed by atoms with Gasteiger partial charge in [0.15, 0.2) is 0 Å². The maximum absolute atomic E-state index is 4.31. The third-order valence-corrected chi connectivity index (χ3v) is 5.59. The van der Waals surface area contributed by atoms with Gasteiger partial charge in [-0.1, -0.05) is 70.2 Å². The van der Waals surface area contributed by atoms with Crippen molar-refractivity contribution >= 4 is 0 Å². The molecule has 1 aliphatic rings. The molecule has 0 saturated heterocycles. The molecule has 1 heteroatoms. The molecule has 1 nitrogen and oxygen atoms in total. The summed E-state index contributed by atoms with van der Waals surface area (Å²) < 4.78 is 0. The summed E-state index contributed by atoms with van der Waals surface area (Å²) in [5.74, 6) is 0. The molecule has 2 rings (SSSR count). The molecule has 24 heavy (non-hydrogen) atoms. The first kappa shape index (κ1) is 21.0. The second-order valence-electron chi connectivity index (χ2n) is 7.99. The first-order valence-electron chi connectivity index (χ1n) is 9.84. The zero-order chi connectivity index (χ0) is 18.1. The lowest BCUT2D eigenvalue weighted by Crippen LogP contribution is -2.40. The predicted octanol–water partition coefficient (Wildman–Crippen LogP) is 6.40. The van der Waals surface area contributed by atoms with Gasteiger partial charge in [0.05, 0.1) is 0 Å². The summed E-state index contributed by atoms with van der Waals surface area (Å²) in [6.07, 6.45) is 7.61. The lowest BCUT2D eigenvalue weighted by Gasteiger charge is -2.44. The summed E-state index contributed by atoms with van der Waals surface area (Å²) in [4.78, 5) is 0. The molecule has 0 spiro atoms. The van der Waals surface area contributed by atoms with Crippen LogP contribution >= 0.6 is 0 Å². The second kappa shape index (κ2) is 10.0. The van der Waals surface area contributed by atoms with Crippen LogP contribution in [0.5, 0.6) is 0 Å². The van der Waals surface area contributed by atoms with Crippen LogP contribution in [0.1, 0.15) is 72.3 Å². The maximum atomic E-state index is 4.31. The monoisotopic (exact) mass is 329 g/mol. The van der Waals surface area contributed by atoms with Crippen LogP contribution in [-0.2, 0) is 6.42 Å². The van der Waals surface area contributed by atoms with Gasteiger partial charge in [0.2, 0.25) is 0 Å². The number of nitrogens with one attached hydrogen (secondary N) is 1. The van der Waals surface area contributed by atoms with Crippen LogP contribution in [0.25, 0.3) is 0 Å². The molecule has 1 N–H and O–H groups in total. The molecule has 0 aromatic heterocycles. The second-order valence-corrected chi connectivity index (χ2v) is 7.99. The molecule has 1 saturated carbocycles. The molecule has 0 radical (unpaired) electrons. The van der Waals surface area contributed by atoms with Gasteiger partial charge >= 0.3 is 0 Å². The van der Waals surface area contributed by atoms with Crippen molar-refractivity contribution in [3.63, 3.8) is 0 Å². The van der Waals surface area contributed by atoms with Gasteiger partial charge < -0.3 is 5.32 Å². The third-order valence-electron chi connectivity index (χ3n) is 5.59. The van der Waals surface area contributed by atoms with Gasteiger partial charge in [-0.15, -0.1) is 0 Å². The van der Waals surface area contributed by atoms with Crippen molar-refractivity contribution in [1.82, 2.24) is 5.32 Å². The minimum absolute atomic E-state index is 0.336. The van der Waals surface area contributed by atoms with Gasteiger partial charge in [-0.25, -0.2) is 0 Å². The molecule has 0 atom stereocenters. The molecule has 1 aromatic carbocycles. The highest BCUT2D eigenvalue weighted by Crippen LogP contribution is 2.48. The Labute approximate surface area is 150 Å². The van der Waals surface area contributed by atoms with Crippen LogP contribution in [0.3, 0.4) is 0 Å². The Morgan fingerprint density at radius 3 is 2.17 bits per heavy atom. The Hall–Kier alpha value is -1.08. The Morgan fingerprint density at radius 2 is 1.62 bits per heavy atom. The summed E-state index contributed by atoms with van der Waals surface area (Å²) in [5, 5.41) is 3.71. The van der Waals surface area contributed by atoms with Crippen molar-refractivity contribution in [2.45, 2.75) is 73.1 Å². The lowest BCUT2D eigenvalue weighted by molar-refractivity contribution is 0.129. The van der Waals surface area contributed by atoms with Crippen LogP contribution in [0.4, 0.5) is 0 Å². The summed E-state index contributed by atoms with van der Waals surface area (Å²) in [7, 11) is 0. The van der Waals surface area contributed by atoms with Crippen molar-refractivity contribution in [2.75, 3.05) is 13.1 Å². The van der Waals surface area contributed by atoms with E-state index < -0.39 is 0 Å². The Kier molecular flexibility index (Phi) is 8.76. The molecule has 1 aliphatic carbocycles. The maximum Gasteiger partial charge on any atom is 0.00450 e. The zero-order valence-electron chi connectivity index (χ0n) is 16.8. The van der Waals surface area contributed by atoms with E-state index >= 15 is 0 Å². The summed E-state index contributed by atoms with van der Waals surface area (Å²) in [5.41, 5.74) is 3.67. The molecule has 1 fully saturated rings. The van der Waals surface area contributed by atoms with Gasteiger partial charge in [-0.3, -0.25) is 0 Å². The standard InChI is InChI=1S/C21H33N.C2H6/c1-18(2)21(14-12-20(3,4)13-15-21)17-22-16-8-11-19-9-6-5-7-10-19;1-2/h5-7,9-10,22H,1,8,11-17H2,2-4H3;1-2H3. The first-order valence-corrected chi connectivity index (χ1v) is 9.84. The highest BCUT2D eigenvalue weighted by molar-refractivity contribution is 5.14. The first-order chi connectivity index (χ1) is 11.4. The van der Waals surface area contributed by atoms with Crippen LogP contribution in [0.15, 0.2) is 42.5 Å². The SMILES string of the molecule is C=C(C)C1(CNCCCc2ccccc2)CCC(C)(C)CC1.CC. The quantitative estimate of drug-likeness (QED) is 0.451. The summed E-state index contributed by atoms with van der Waals surface area (Å²) >= 11 is 0. The zero-order valence-corrected chi connectivity index (χ0v) is 16.8. The van der Waals surface area contributed by atoms with E-state index in [9.17, 15) is 0 Å². The van der Waals surface area contributed by atoms with Gasteiger partial charge in [-0.2, -0.15) is 0 Å². The highest BCUT2D eigenvalue weighted by atomic mass is 14.9. The van der Waals surface area contributed by atoms with Gasteiger partial charge in [0, 0.05) is 12.0 Å². The number of hydrogen-bond donors (Lipinski definition) is 1. The topological polar surface area (TPSA) is 12.0 Å². The van der Waals surface area contributed by atoms with E-state index in [-0.39, 0.29) is 0 Å². The third kappa shape index (κ3) is 6.43. The Bertz CT molecular complexity index is 462. The minimum atomic E-state index is 0.336. The highest BCUT2D eigenvalue weighted by Gasteiger charge is 2.38. The fraction of sp³-hybridized carbons (Fsp3) is 0.652. The summed E-state index contributed by atoms with van der Waals surface area (Å²) in [6.45, 7) is 17.6. The molecular formula is C23H39N. The average Bonchev–Trinajstić information content (AvgIpc) is 2.59. The van der Waals surface area contributed by atoms with Gasteiger partial charge in [0.1, 0.15) is 0 Å². The molecule has 0 unspecified atom stereocenters. The van der Waals surface area contributed by atoms with E-state index in [0.29, 0.717) is 10.8 Å². The van der Waals surface area contributed by atoms with Crippen LogP contribution in [0, 0.1) is 10.8 Å². The number of rotatable bonds is 7. The van der Waals surface area contributed by atoms with Gasteiger partial charge in [-0.05, 0) is 63.0 Å². The van der Waals surface area contributed by atoms with Gasteiger partial charge in [0.25, 0.3) is 0 Å². The van der Waals surface area contributed by atoms with E-state index in [0.717, 1.165) is 13.1 Å². The largest absolute Gasteiger partial charge is 0.316 e. The predicted molar refractivity (Wildman–Crippen MR) is 108 cm³/mol. The van der Waals surface area contributed by atoms with E-state index in [1.165, 1.54) is 49.7 Å². The molecule has 0 aliphatic heterocycles. The van der Waals surface area contributed by atoms with Crippen LogP contribution in [-0.4, -0.2) is 13.1 Å². The van der Waals surface area contributed by atoms with Crippen molar-refractivity contribution < 1.29 is 0 Å². The minimum Gasteiger partial charge on any atom is -0.316 e. The molecular weight excluding hydrogens is 290 g/mol. The molecule has 0 heterocycles. The van der Waals surface area contributed by atoms with E-state index in [1.807, 2.05) is 13.8 Å². The fourth-order valence-corrected chi connectivity index (χ4v) is 3.55. The summed E-state index contributed by atoms with van der Waals surface area (Å²) in [6, 6.07) is 10.8. The Balaban J connectivity index is 0.00000139. The van der Waals surface area contributed by atoms with Crippen molar-refractivity contribution in [3.8, 4) is 0 Å². The number of benzene rings is 1.